The van der Waals surface area contributed by atoms with Crippen molar-refractivity contribution >= 4 is 0 Å². The van der Waals surface area contributed by atoms with E-state index in [0.29, 0.717) is 0 Å². The molecule has 2 bridgehead atoms. The SMILES string of the molecule is CC[N+]12CCN(CC1)CC2. The zero-order chi connectivity index (χ0) is 7.03. The van der Waals surface area contributed by atoms with E-state index in [1.807, 2.05) is 0 Å². The van der Waals surface area contributed by atoms with Crippen molar-refractivity contribution < 1.29 is 4.48 Å². The maximum atomic E-state index is 2.59. The molecule has 3 heterocycles. The van der Waals surface area contributed by atoms with Gasteiger partial charge in [0.1, 0.15) is 0 Å². The normalized spacial score (nSPS) is 45.9. The van der Waals surface area contributed by atoms with Crippen LogP contribution in [0.4, 0.5) is 0 Å². The summed E-state index contributed by atoms with van der Waals surface area (Å²) in [6, 6.07) is 0. The van der Waals surface area contributed by atoms with Crippen LogP contribution in [0.15, 0.2) is 0 Å². The van der Waals surface area contributed by atoms with Crippen molar-refractivity contribution in [3.63, 3.8) is 0 Å². The maximum absolute atomic E-state index is 2.59. The third kappa shape index (κ3) is 0.867. The molecule has 0 aromatic heterocycles. The Kier molecular flexibility index (Phi) is 1.46. The molecule has 3 rings (SSSR count). The van der Waals surface area contributed by atoms with E-state index < -0.39 is 0 Å². The van der Waals surface area contributed by atoms with E-state index >= 15 is 0 Å². The minimum atomic E-state index is 1.36. The van der Waals surface area contributed by atoms with Crippen LogP contribution in [-0.2, 0) is 0 Å². The number of piperazine rings is 3. The Labute approximate surface area is 63.0 Å². The summed E-state index contributed by atoms with van der Waals surface area (Å²) >= 11 is 0. The first-order valence-electron chi connectivity index (χ1n) is 4.42. The Morgan fingerprint density at radius 3 is 1.90 bits per heavy atom. The van der Waals surface area contributed by atoms with Crippen LogP contribution in [0, 0.1) is 0 Å². The largest absolute Gasteiger partial charge is 0.321 e. The first-order valence-corrected chi connectivity index (χ1v) is 4.42. The van der Waals surface area contributed by atoms with Crippen molar-refractivity contribution in [3.8, 4) is 0 Å². The monoisotopic (exact) mass is 141 g/mol. The number of fused-ring (bicyclic) bond motifs is 3. The summed E-state index contributed by atoms with van der Waals surface area (Å²) in [7, 11) is 0. The third-order valence-electron chi connectivity index (χ3n) is 3.34. The smallest absolute Gasteiger partial charge is 0.0916 e. The van der Waals surface area contributed by atoms with Gasteiger partial charge in [0.25, 0.3) is 0 Å². The van der Waals surface area contributed by atoms with Gasteiger partial charge in [0.15, 0.2) is 0 Å². The highest BCUT2D eigenvalue weighted by atomic mass is 15.4. The zero-order valence-corrected chi connectivity index (χ0v) is 6.84. The second-order valence-electron chi connectivity index (χ2n) is 3.67. The summed E-state index contributed by atoms with van der Waals surface area (Å²) < 4.78 is 1.41. The summed E-state index contributed by atoms with van der Waals surface area (Å²) in [6.45, 7) is 12.0. The molecule has 3 saturated heterocycles. The van der Waals surface area contributed by atoms with Gasteiger partial charge in [-0.05, 0) is 6.92 Å². The van der Waals surface area contributed by atoms with Gasteiger partial charge < -0.3 is 4.48 Å². The van der Waals surface area contributed by atoms with Gasteiger partial charge in [-0.3, -0.25) is 4.90 Å². The fourth-order valence-corrected chi connectivity index (χ4v) is 2.21. The van der Waals surface area contributed by atoms with E-state index in [2.05, 4.69) is 11.8 Å². The van der Waals surface area contributed by atoms with Gasteiger partial charge in [-0.25, -0.2) is 0 Å². The summed E-state index contributed by atoms with van der Waals surface area (Å²) in [5.41, 5.74) is 0. The van der Waals surface area contributed by atoms with Gasteiger partial charge >= 0.3 is 0 Å². The lowest BCUT2D eigenvalue weighted by molar-refractivity contribution is -0.939. The number of hydrogen-bond acceptors (Lipinski definition) is 1. The highest BCUT2D eigenvalue weighted by molar-refractivity contribution is 4.69. The van der Waals surface area contributed by atoms with Crippen molar-refractivity contribution in [2.45, 2.75) is 6.92 Å². The summed E-state index contributed by atoms with van der Waals surface area (Å²) in [5, 5.41) is 0. The van der Waals surface area contributed by atoms with E-state index in [-0.39, 0.29) is 0 Å². The van der Waals surface area contributed by atoms with Gasteiger partial charge in [0.2, 0.25) is 0 Å². The zero-order valence-electron chi connectivity index (χ0n) is 6.84. The van der Waals surface area contributed by atoms with Crippen molar-refractivity contribution in [2.24, 2.45) is 0 Å². The Hall–Kier alpha value is -0.0800. The van der Waals surface area contributed by atoms with E-state index in [4.69, 9.17) is 0 Å². The lowest BCUT2D eigenvalue weighted by Crippen LogP contribution is -2.67. The lowest BCUT2D eigenvalue weighted by atomic mass is 10.1. The highest BCUT2D eigenvalue weighted by Gasteiger charge is 2.36. The van der Waals surface area contributed by atoms with E-state index in [1.165, 1.54) is 50.3 Å². The average molecular weight is 141 g/mol. The molecule has 0 unspecified atom stereocenters. The molecule has 3 aliphatic heterocycles. The van der Waals surface area contributed by atoms with Crippen LogP contribution in [0.1, 0.15) is 6.92 Å². The molecule has 0 radical (unpaired) electrons. The van der Waals surface area contributed by atoms with Crippen LogP contribution in [0.25, 0.3) is 0 Å². The number of quaternary nitrogens is 1. The van der Waals surface area contributed by atoms with Crippen molar-refractivity contribution in [1.82, 2.24) is 4.90 Å². The van der Waals surface area contributed by atoms with Gasteiger partial charge in [0.05, 0.1) is 26.2 Å². The molecule has 58 valence electrons. The Morgan fingerprint density at radius 1 is 1.10 bits per heavy atom. The van der Waals surface area contributed by atoms with Gasteiger partial charge in [-0.1, -0.05) is 0 Å². The predicted molar refractivity (Wildman–Crippen MR) is 41.8 cm³/mol. The number of nitrogens with zero attached hydrogens (tertiary/aromatic N) is 2. The van der Waals surface area contributed by atoms with Crippen LogP contribution in [-0.4, -0.2) is 55.2 Å². The van der Waals surface area contributed by atoms with Crippen LogP contribution < -0.4 is 0 Å². The fourth-order valence-electron chi connectivity index (χ4n) is 2.21. The summed E-state index contributed by atoms with van der Waals surface area (Å²) in [5.74, 6) is 0. The van der Waals surface area contributed by atoms with Crippen molar-refractivity contribution in [2.75, 3.05) is 45.8 Å². The molecule has 0 N–H and O–H groups in total. The maximum Gasteiger partial charge on any atom is 0.0916 e. The van der Waals surface area contributed by atoms with Gasteiger partial charge in [0, 0.05) is 19.6 Å². The molecule has 0 aliphatic carbocycles. The Balaban J connectivity index is 2.08. The molecule has 0 atom stereocenters. The summed E-state index contributed by atoms with van der Waals surface area (Å²) in [6.07, 6.45) is 0. The third-order valence-corrected chi connectivity index (χ3v) is 3.34. The van der Waals surface area contributed by atoms with Crippen molar-refractivity contribution in [3.05, 3.63) is 0 Å². The molecular weight excluding hydrogens is 124 g/mol. The van der Waals surface area contributed by atoms with E-state index in [9.17, 15) is 0 Å². The topological polar surface area (TPSA) is 3.24 Å². The van der Waals surface area contributed by atoms with Crippen LogP contribution in [0.2, 0.25) is 0 Å². The van der Waals surface area contributed by atoms with E-state index in [1.54, 1.807) is 0 Å². The summed E-state index contributed by atoms with van der Waals surface area (Å²) in [4.78, 5) is 2.59. The van der Waals surface area contributed by atoms with E-state index in [0.717, 1.165) is 0 Å². The average Bonchev–Trinajstić information content (AvgIpc) is 2.08. The molecule has 3 aliphatic rings. The van der Waals surface area contributed by atoms with Crippen LogP contribution >= 0.6 is 0 Å². The first-order chi connectivity index (χ1) is 4.85. The molecule has 0 spiro atoms. The molecule has 10 heavy (non-hydrogen) atoms. The van der Waals surface area contributed by atoms with Gasteiger partial charge in [-0.15, -0.1) is 0 Å². The van der Waals surface area contributed by atoms with Crippen LogP contribution in [0.5, 0.6) is 0 Å². The number of rotatable bonds is 1. The molecule has 0 saturated carbocycles. The lowest BCUT2D eigenvalue weighted by Gasteiger charge is -2.50. The molecule has 0 aromatic rings. The minimum Gasteiger partial charge on any atom is -0.321 e. The molecule has 3 fully saturated rings. The second kappa shape index (κ2) is 2.21. The van der Waals surface area contributed by atoms with Crippen molar-refractivity contribution in [1.29, 1.82) is 0 Å². The molecule has 0 amide bonds. The Morgan fingerprint density at radius 2 is 1.60 bits per heavy atom. The number of hydrogen-bond donors (Lipinski definition) is 0. The molecular formula is C8H17N2+. The first kappa shape index (κ1) is 6.62. The quantitative estimate of drug-likeness (QED) is 0.470. The fraction of sp³-hybridized carbons (Fsp3) is 1.00. The molecule has 0 aromatic carbocycles. The number of likely N-dealkylation sites (N-methyl/N-ethyl adjacent to an activating group) is 1. The van der Waals surface area contributed by atoms with Gasteiger partial charge in [-0.2, -0.15) is 0 Å². The molecule has 2 heteroatoms. The molecule has 2 nitrogen and oxygen atoms in total. The predicted octanol–water partition coefficient (Wildman–Crippen LogP) is 0.152. The Bertz CT molecular complexity index is 111. The standard InChI is InChI=1S/C8H17N2/c1-2-10-6-3-9(4-7-10)5-8-10/h2-8H2,1H3/q+1. The van der Waals surface area contributed by atoms with Crippen LogP contribution in [0.3, 0.4) is 0 Å². The highest BCUT2D eigenvalue weighted by Crippen LogP contribution is 2.18. The second-order valence-corrected chi connectivity index (χ2v) is 3.67. The minimum absolute atomic E-state index is 1.36.